The third kappa shape index (κ3) is 5.52. The minimum Gasteiger partial charge on any atom is -0.410 e. The van der Waals surface area contributed by atoms with Crippen LogP contribution in [0.3, 0.4) is 0 Å². The zero-order chi connectivity index (χ0) is 27.4. The molecule has 2 fully saturated rings. The lowest BCUT2D eigenvalue weighted by atomic mass is 10.1. The Morgan fingerprint density at radius 1 is 0.974 bits per heavy atom. The fourth-order valence-corrected chi connectivity index (χ4v) is 5.35. The van der Waals surface area contributed by atoms with Crippen LogP contribution in [0.4, 0.5) is 4.79 Å². The first kappa shape index (κ1) is 26.1. The molecular formula is C30H30N4O5. The molecule has 2 aliphatic heterocycles. The van der Waals surface area contributed by atoms with E-state index in [0.29, 0.717) is 31.6 Å². The molecule has 1 N–H and O–H groups in total. The van der Waals surface area contributed by atoms with E-state index in [0.717, 1.165) is 11.1 Å². The Labute approximate surface area is 226 Å². The smallest absolute Gasteiger partial charge is 0.410 e. The average molecular weight is 527 g/mol. The fraction of sp³-hybridized carbons (Fsp3) is 0.300. The number of ether oxygens (including phenoxy) is 1. The number of Topliss-reactive ketones (excluding diaryl/α,β-unsaturated/α-hetero) is 1. The van der Waals surface area contributed by atoms with Crippen LogP contribution in [0, 0.1) is 0 Å². The quantitative estimate of drug-likeness (QED) is 0.503. The number of ketones is 1. The standard InChI is InChI=1S/C30H30N4O5/c1-2-8-24(32-30(38)39-22-14-12-21(13-15-22)20-9-4-3-5-10-20)29(37)33-18-16-25-27(33)26(35)19-34(25)28(36)23-11-6-7-17-31-23/h3-7,9-15,17,24-25,27H,2,8,16,18-19H2,1H3,(H,32,38). The number of carbonyl (C=O) groups is 4. The molecule has 3 heterocycles. The lowest BCUT2D eigenvalue weighted by molar-refractivity contribution is -0.138. The van der Waals surface area contributed by atoms with Crippen LogP contribution in [-0.2, 0) is 9.59 Å². The highest BCUT2D eigenvalue weighted by atomic mass is 16.6. The second-order valence-electron chi connectivity index (χ2n) is 9.71. The fourth-order valence-electron chi connectivity index (χ4n) is 5.35. The van der Waals surface area contributed by atoms with Crippen molar-refractivity contribution >= 4 is 23.7 Å². The molecular weight excluding hydrogens is 496 g/mol. The highest BCUT2D eigenvalue weighted by Crippen LogP contribution is 2.31. The molecule has 9 heteroatoms. The molecule has 200 valence electrons. The molecule has 5 rings (SSSR count). The minimum absolute atomic E-state index is 0.0680. The maximum absolute atomic E-state index is 13.5. The summed E-state index contributed by atoms with van der Waals surface area (Å²) >= 11 is 0. The Kier molecular flexibility index (Phi) is 7.67. The number of nitrogens with zero attached hydrogens (tertiary/aromatic N) is 3. The highest BCUT2D eigenvalue weighted by Gasteiger charge is 2.52. The number of hydrogen-bond acceptors (Lipinski definition) is 6. The Morgan fingerprint density at radius 3 is 2.38 bits per heavy atom. The van der Waals surface area contributed by atoms with Crippen LogP contribution in [0.25, 0.3) is 11.1 Å². The van der Waals surface area contributed by atoms with Gasteiger partial charge in [0.15, 0.2) is 5.78 Å². The monoisotopic (exact) mass is 526 g/mol. The first-order chi connectivity index (χ1) is 19.0. The molecule has 1 aromatic heterocycles. The number of pyridine rings is 1. The Bertz CT molecular complexity index is 1350. The summed E-state index contributed by atoms with van der Waals surface area (Å²) in [6, 6.07) is 20.0. The Morgan fingerprint density at radius 2 is 1.69 bits per heavy atom. The van der Waals surface area contributed by atoms with Crippen LogP contribution >= 0.6 is 0 Å². The number of rotatable bonds is 7. The average Bonchev–Trinajstić information content (AvgIpc) is 3.54. The van der Waals surface area contributed by atoms with E-state index in [2.05, 4.69) is 10.3 Å². The number of aromatic nitrogens is 1. The molecule has 0 spiro atoms. The third-order valence-electron chi connectivity index (χ3n) is 7.19. The van der Waals surface area contributed by atoms with Gasteiger partial charge in [0, 0.05) is 12.7 Å². The molecule has 3 aromatic rings. The summed E-state index contributed by atoms with van der Waals surface area (Å²) in [6.45, 7) is 2.17. The van der Waals surface area contributed by atoms with E-state index in [9.17, 15) is 19.2 Å². The second-order valence-corrected chi connectivity index (χ2v) is 9.71. The molecule has 39 heavy (non-hydrogen) atoms. The van der Waals surface area contributed by atoms with Gasteiger partial charge in [-0.05, 0) is 48.2 Å². The van der Waals surface area contributed by atoms with Gasteiger partial charge in [-0.15, -0.1) is 0 Å². The Balaban J connectivity index is 1.23. The Hall–Kier alpha value is -4.53. The number of carbonyl (C=O) groups excluding carboxylic acids is 4. The first-order valence-corrected chi connectivity index (χ1v) is 13.1. The second kappa shape index (κ2) is 11.5. The zero-order valence-corrected chi connectivity index (χ0v) is 21.7. The van der Waals surface area contributed by atoms with E-state index in [4.69, 9.17) is 4.74 Å². The van der Waals surface area contributed by atoms with Gasteiger partial charge in [-0.1, -0.05) is 61.9 Å². The zero-order valence-electron chi connectivity index (χ0n) is 21.7. The van der Waals surface area contributed by atoms with Crippen molar-refractivity contribution in [2.45, 2.75) is 44.3 Å². The van der Waals surface area contributed by atoms with Crippen LogP contribution in [-0.4, -0.2) is 69.7 Å². The molecule has 2 aromatic carbocycles. The van der Waals surface area contributed by atoms with Crippen molar-refractivity contribution in [1.82, 2.24) is 20.1 Å². The summed E-state index contributed by atoms with van der Waals surface area (Å²) in [7, 11) is 0. The lowest BCUT2D eigenvalue weighted by Crippen LogP contribution is -2.53. The number of likely N-dealkylation sites (tertiary alicyclic amines) is 2. The molecule has 0 radical (unpaired) electrons. The van der Waals surface area contributed by atoms with Gasteiger partial charge in [-0.3, -0.25) is 19.4 Å². The van der Waals surface area contributed by atoms with Crippen LogP contribution in [0.1, 0.15) is 36.7 Å². The van der Waals surface area contributed by atoms with Crippen molar-refractivity contribution in [2.24, 2.45) is 0 Å². The molecule has 0 bridgehead atoms. The summed E-state index contributed by atoms with van der Waals surface area (Å²) in [5.41, 5.74) is 2.30. The summed E-state index contributed by atoms with van der Waals surface area (Å²) in [5.74, 6) is -0.505. The molecule has 3 atom stereocenters. The summed E-state index contributed by atoms with van der Waals surface area (Å²) < 4.78 is 5.45. The van der Waals surface area contributed by atoms with Crippen molar-refractivity contribution < 1.29 is 23.9 Å². The molecule has 0 aliphatic carbocycles. The number of hydrogen-bond donors (Lipinski definition) is 1. The van der Waals surface area contributed by atoms with Crippen LogP contribution in [0.15, 0.2) is 79.0 Å². The first-order valence-electron chi connectivity index (χ1n) is 13.1. The highest BCUT2D eigenvalue weighted by molar-refractivity contribution is 6.02. The summed E-state index contributed by atoms with van der Waals surface area (Å²) in [6.07, 6.45) is 2.31. The number of nitrogens with one attached hydrogen (secondary N) is 1. The van der Waals surface area contributed by atoms with E-state index in [1.807, 2.05) is 49.4 Å². The van der Waals surface area contributed by atoms with Gasteiger partial charge in [0.25, 0.3) is 5.91 Å². The number of fused-ring (bicyclic) bond motifs is 1. The maximum atomic E-state index is 13.5. The topological polar surface area (TPSA) is 109 Å². The van der Waals surface area contributed by atoms with Gasteiger partial charge < -0.3 is 19.9 Å². The SMILES string of the molecule is CCCC(NC(=O)Oc1ccc(-c2ccccc2)cc1)C(=O)N1CCC2C1C(=O)CN2C(=O)c1ccccn1. The van der Waals surface area contributed by atoms with E-state index in [-0.39, 0.29) is 29.8 Å². The molecule has 3 unspecified atom stereocenters. The molecule has 2 aliphatic rings. The molecule has 2 saturated heterocycles. The van der Waals surface area contributed by atoms with Crippen molar-refractivity contribution in [3.8, 4) is 16.9 Å². The van der Waals surface area contributed by atoms with Gasteiger partial charge in [0.05, 0.1) is 12.6 Å². The van der Waals surface area contributed by atoms with Crippen molar-refractivity contribution in [1.29, 1.82) is 0 Å². The lowest BCUT2D eigenvalue weighted by Gasteiger charge is -2.28. The predicted molar refractivity (Wildman–Crippen MR) is 144 cm³/mol. The minimum atomic E-state index is -0.849. The predicted octanol–water partition coefficient (Wildman–Crippen LogP) is 3.70. The largest absolute Gasteiger partial charge is 0.413 e. The number of amides is 3. The molecule has 0 saturated carbocycles. The third-order valence-corrected chi connectivity index (χ3v) is 7.19. The van der Waals surface area contributed by atoms with E-state index in [1.165, 1.54) is 16.0 Å². The van der Waals surface area contributed by atoms with Crippen molar-refractivity contribution in [3.63, 3.8) is 0 Å². The normalized spacial score (nSPS) is 18.9. The van der Waals surface area contributed by atoms with Gasteiger partial charge in [0.1, 0.15) is 23.5 Å². The number of benzene rings is 2. The van der Waals surface area contributed by atoms with Crippen LogP contribution in [0.2, 0.25) is 0 Å². The van der Waals surface area contributed by atoms with Gasteiger partial charge >= 0.3 is 6.09 Å². The molecule has 9 nitrogen and oxygen atoms in total. The van der Waals surface area contributed by atoms with Gasteiger partial charge in [-0.2, -0.15) is 0 Å². The van der Waals surface area contributed by atoms with Crippen LogP contribution in [0.5, 0.6) is 5.75 Å². The van der Waals surface area contributed by atoms with Crippen molar-refractivity contribution in [2.75, 3.05) is 13.1 Å². The van der Waals surface area contributed by atoms with E-state index in [1.54, 1.807) is 30.3 Å². The van der Waals surface area contributed by atoms with Gasteiger partial charge in [-0.25, -0.2) is 4.79 Å². The molecule has 3 amide bonds. The van der Waals surface area contributed by atoms with E-state index >= 15 is 0 Å². The summed E-state index contributed by atoms with van der Waals surface area (Å²) in [4.78, 5) is 59.4. The van der Waals surface area contributed by atoms with Gasteiger partial charge in [0.2, 0.25) is 5.91 Å². The maximum Gasteiger partial charge on any atom is 0.413 e. The van der Waals surface area contributed by atoms with E-state index < -0.39 is 24.2 Å². The van der Waals surface area contributed by atoms with Crippen molar-refractivity contribution in [3.05, 3.63) is 84.7 Å². The summed E-state index contributed by atoms with van der Waals surface area (Å²) in [5, 5.41) is 2.69. The van der Waals surface area contributed by atoms with Crippen LogP contribution < -0.4 is 10.1 Å².